The predicted octanol–water partition coefficient (Wildman–Crippen LogP) is 2.13. The quantitative estimate of drug-likeness (QED) is 0.872. The van der Waals surface area contributed by atoms with E-state index in [-0.39, 0.29) is 23.6 Å². The van der Waals surface area contributed by atoms with Gasteiger partial charge in [-0.2, -0.15) is 0 Å². The lowest BCUT2D eigenvalue weighted by molar-refractivity contribution is -0.134. The van der Waals surface area contributed by atoms with Crippen LogP contribution in [0.1, 0.15) is 36.5 Å². The number of carbonyl (C=O) groups is 1. The van der Waals surface area contributed by atoms with Crippen LogP contribution in [0.25, 0.3) is 0 Å². The van der Waals surface area contributed by atoms with E-state index in [1.807, 2.05) is 11.0 Å². The molecule has 2 aliphatic rings. The number of benzene rings is 1. The summed E-state index contributed by atoms with van der Waals surface area (Å²) in [5.41, 5.74) is 0.928. The molecule has 1 saturated carbocycles. The van der Waals surface area contributed by atoms with E-state index in [1.54, 1.807) is 6.07 Å². The van der Waals surface area contributed by atoms with E-state index in [4.69, 9.17) is 0 Å². The molecule has 2 aromatic rings. The first-order valence-corrected chi connectivity index (χ1v) is 8.12. The largest absolute Gasteiger partial charge is 0.333 e. The minimum absolute atomic E-state index is 0.0167. The first kappa shape index (κ1) is 14.4. The number of rotatable bonds is 3. The Balaban J connectivity index is 1.45. The summed E-state index contributed by atoms with van der Waals surface area (Å²) >= 11 is 0. The number of halogens is 1. The van der Waals surface area contributed by atoms with Crippen LogP contribution in [-0.2, 0) is 24.3 Å². The maximum atomic E-state index is 13.3. The summed E-state index contributed by atoms with van der Waals surface area (Å²) in [6, 6.07) is 6.59. The van der Waals surface area contributed by atoms with Crippen molar-refractivity contribution in [1.82, 2.24) is 19.7 Å². The molecule has 23 heavy (non-hydrogen) atoms. The van der Waals surface area contributed by atoms with E-state index in [0.717, 1.165) is 36.6 Å². The topological polar surface area (TPSA) is 51.0 Å². The molecule has 1 aliphatic carbocycles. The Morgan fingerprint density at radius 2 is 2.22 bits per heavy atom. The van der Waals surface area contributed by atoms with Crippen LogP contribution >= 0.6 is 0 Å². The van der Waals surface area contributed by atoms with Gasteiger partial charge in [0.2, 0.25) is 5.91 Å². The van der Waals surface area contributed by atoms with Crippen molar-refractivity contribution in [3.05, 3.63) is 47.3 Å². The summed E-state index contributed by atoms with van der Waals surface area (Å²) in [4.78, 5) is 14.6. The van der Waals surface area contributed by atoms with Crippen molar-refractivity contribution >= 4 is 5.91 Å². The van der Waals surface area contributed by atoms with Gasteiger partial charge >= 0.3 is 0 Å². The molecule has 0 radical (unpaired) electrons. The molecular weight excluding hydrogens is 295 g/mol. The highest BCUT2D eigenvalue weighted by Gasteiger charge is 2.46. The van der Waals surface area contributed by atoms with Gasteiger partial charge in [-0.3, -0.25) is 4.79 Å². The van der Waals surface area contributed by atoms with Crippen LogP contribution in [-0.4, -0.2) is 32.1 Å². The average molecular weight is 314 g/mol. The van der Waals surface area contributed by atoms with Crippen molar-refractivity contribution < 1.29 is 9.18 Å². The predicted molar refractivity (Wildman–Crippen MR) is 82.1 cm³/mol. The summed E-state index contributed by atoms with van der Waals surface area (Å²) < 4.78 is 15.4. The normalized spacial score (nSPS) is 22.8. The lowest BCUT2D eigenvalue weighted by Gasteiger charge is -2.28. The van der Waals surface area contributed by atoms with Gasteiger partial charge in [0.25, 0.3) is 0 Å². The highest BCUT2D eigenvalue weighted by atomic mass is 19.1. The summed E-state index contributed by atoms with van der Waals surface area (Å²) in [6.07, 6.45) is 1.66. The van der Waals surface area contributed by atoms with Crippen molar-refractivity contribution in [3.8, 4) is 0 Å². The molecule has 1 aromatic heterocycles. The van der Waals surface area contributed by atoms with E-state index in [0.29, 0.717) is 13.1 Å². The zero-order valence-corrected chi connectivity index (χ0v) is 13.1. The minimum atomic E-state index is -0.237. The number of hydrogen-bond acceptors (Lipinski definition) is 3. The molecule has 4 rings (SSSR count). The zero-order chi connectivity index (χ0) is 16.0. The summed E-state index contributed by atoms with van der Waals surface area (Å²) in [5, 5.41) is 8.37. The molecular formula is C17H19FN4O. The monoisotopic (exact) mass is 314 g/mol. The fourth-order valence-corrected chi connectivity index (χ4v) is 3.48. The molecule has 0 bridgehead atoms. The number of aryl methyl sites for hydroxylation is 1. The molecule has 120 valence electrons. The third-order valence-electron chi connectivity index (χ3n) is 4.84. The second-order valence-corrected chi connectivity index (χ2v) is 6.30. The second kappa shape index (κ2) is 5.44. The highest BCUT2D eigenvalue weighted by molar-refractivity contribution is 5.83. The van der Waals surface area contributed by atoms with Crippen molar-refractivity contribution in [2.45, 2.75) is 38.8 Å². The molecule has 2 heterocycles. The fourth-order valence-electron chi connectivity index (χ4n) is 3.48. The van der Waals surface area contributed by atoms with Gasteiger partial charge in [-0.15, -0.1) is 10.2 Å². The fraction of sp³-hybridized carbons (Fsp3) is 0.471. The van der Waals surface area contributed by atoms with E-state index in [9.17, 15) is 9.18 Å². The summed E-state index contributed by atoms with van der Waals surface area (Å²) in [6.45, 7) is 4.04. The number of hydrogen-bond donors (Lipinski definition) is 0. The Morgan fingerprint density at radius 3 is 3.00 bits per heavy atom. The first-order chi connectivity index (χ1) is 11.2. The van der Waals surface area contributed by atoms with E-state index < -0.39 is 0 Å². The van der Waals surface area contributed by atoms with Crippen LogP contribution in [0.15, 0.2) is 24.3 Å². The Bertz CT molecular complexity index is 757. The molecule has 0 N–H and O–H groups in total. The summed E-state index contributed by atoms with van der Waals surface area (Å²) in [5.74, 6) is 1.91. The smallest absolute Gasteiger partial charge is 0.226 e. The Hall–Kier alpha value is -2.24. The number of carbonyl (C=O) groups excluding carboxylic acids is 1. The molecule has 0 unspecified atom stereocenters. The Kier molecular flexibility index (Phi) is 3.39. The number of aromatic nitrogens is 3. The van der Waals surface area contributed by atoms with Crippen molar-refractivity contribution in [2.24, 2.45) is 5.92 Å². The molecule has 1 amide bonds. The molecule has 2 atom stereocenters. The third-order valence-corrected chi connectivity index (χ3v) is 4.84. The SMILES string of the molecule is CCc1nnc2n1CCN(C(=O)[C@@H]1C[C@H]1c1cccc(F)c1)C2. The molecule has 0 spiro atoms. The molecule has 0 saturated heterocycles. The molecule has 1 aromatic carbocycles. The second-order valence-electron chi connectivity index (χ2n) is 6.30. The van der Waals surface area contributed by atoms with Crippen LogP contribution in [0, 0.1) is 11.7 Å². The van der Waals surface area contributed by atoms with Gasteiger partial charge in [-0.05, 0) is 30.0 Å². The number of nitrogens with zero attached hydrogens (tertiary/aromatic N) is 4. The van der Waals surface area contributed by atoms with Crippen LogP contribution in [0.5, 0.6) is 0 Å². The van der Waals surface area contributed by atoms with Gasteiger partial charge in [0.15, 0.2) is 5.82 Å². The lowest BCUT2D eigenvalue weighted by atomic mass is 10.1. The molecule has 1 aliphatic heterocycles. The van der Waals surface area contributed by atoms with Gasteiger partial charge in [-0.1, -0.05) is 19.1 Å². The van der Waals surface area contributed by atoms with Gasteiger partial charge in [-0.25, -0.2) is 4.39 Å². The molecule has 6 heteroatoms. The Morgan fingerprint density at radius 1 is 1.35 bits per heavy atom. The zero-order valence-electron chi connectivity index (χ0n) is 13.1. The highest BCUT2D eigenvalue weighted by Crippen LogP contribution is 2.48. The third kappa shape index (κ3) is 2.52. The van der Waals surface area contributed by atoms with Crippen molar-refractivity contribution in [3.63, 3.8) is 0 Å². The molecule has 1 fully saturated rings. The van der Waals surface area contributed by atoms with Crippen molar-refractivity contribution in [1.29, 1.82) is 0 Å². The van der Waals surface area contributed by atoms with Gasteiger partial charge < -0.3 is 9.47 Å². The van der Waals surface area contributed by atoms with Crippen molar-refractivity contribution in [2.75, 3.05) is 6.54 Å². The number of amides is 1. The van der Waals surface area contributed by atoms with E-state index >= 15 is 0 Å². The number of fused-ring (bicyclic) bond motifs is 1. The van der Waals surface area contributed by atoms with Gasteiger partial charge in [0.1, 0.15) is 11.6 Å². The van der Waals surface area contributed by atoms with Gasteiger partial charge in [0.05, 0.1) is 6.54 Å². The van der Waals surface area contributed by atoms with E-state index in [2.05, 4.69) is 21.7 Å². The lowest BCUT2D eigenvalue weighted by Crippen LogP contribution is -2.39. The first-order valence-electron chi connectivity index (χ1n) is 8.12. The van der Waals surface area contributed by atoms with Crippen LogP contribution in [0.3, 0.4) is 0 Å². The average Bonchev–Trinajstić information content (AvgIpc) is 3.26. The standard InChI is InChI=1S/C17H19FN4O/c1-2-15-19-20-16-10-21(6-7-22(15)16)17(23)14-9-13(14)11-4-3-5-12(18)8-11/h3-5,8,13-14H,2,6-7,9-10H2,1H3/t13-,14+/m0/s1. The van der Waals surface area contributed by atoms with Gasteiger partial charge in [0, 0.05) is 25.4 Å². The Labute approximate surface area is 134 Å². The van der Waals surface area contributed by atoms with Crippen LogP contribution in [0.2, 0.25) is 0 Å². The van der Waals surface area contributed by atoms with Crippen LogP contribution in [0.4, 0.5) is 4.39 Å². The molecule has 5 nitrogen and oxygen atoms in total. The van der Waals surface area contributed by atoms with Crippen LogP contribution < -0.4 is 0 Å². The minimum Gasteiger partial charge on any atom is -0.333 e. The maximum absolute atomic E-state index is 13.3. The maximum Gasteiger partial charge on any atom is 0.226 e. The van der Waals surface area contributed by atoms with E-state index in [1.165, 1.54) is 12.1 Å². The summed E-state index contributed by atoms with van der Waals surface area (Å²) in [7, 11) is 0.